The first-order chi connectivity index (χ1) is 13.5. The Kier molecular flexibility index (Phi) is 8.06. The van der Waals surface area contributed by atoms with Crippen molar-refractivity contribution in [2.24, 2.45) is 5.92 Å². The lowest BCUT2D eigenvalue weighted by Crippen LogP contribution is -2.48. The first kappa shape index (κ1) is 23.6. The van der Waals surface area contributed by atoms with Crippen molar-refractivity contribution >= 4 is 35.2 Å². The monoisotopic (exact) mass is 444 g/mol. The quantitative estimate of drug-likeness (QED) is 0.649. The highest BCUT2D eigenvalue weighted by Gasteiger charge is 2.30. The number of carbonyl (C=O) groups excluding carboxylic acids is 2. The van der Waals surface area contributed by atoms with Crippen molar-refractivity contribution in [3.63, 3.8) is 0 Å². The van der Waals surface area contributed by atoms with Gasteiger partial charge in [0.2, 0.25) is 0 Å². The number of benzene rings is 1. The van der Waals surface area contributed by atoms with E-state index >= 15 is 0 Å². The minimum atomic E-state index is -0.687. The number of hydrogen-bond donors (Lipinski definition) is 0. The van der Waals surface area contributed by atoms with E-state index in [0.717, 1.165) is 12.8 Å². The Morgan fingerprint density at radius 1 is 1.31 bits per heavy atom. The van der Waals surface area contributed by atoms with E-state index in [2.05, 4.69) is 0 Å². The molecule has 1 heterocycles. The van der Waals surface area contributed by atoms with Crippen molar-refractivity contribution in [2.45, 2.75) is 52.2 Å². The molecule has 0 radical (unpaired) electrons. The lowest BCUT2D eigenvalue weighted by molar-refractivity contribution is -0.139. The Hall–Kier alpha value is -1.66. The zero-order valence-electron chi connectivity index (χ0n) is 17.7. The maximum atomic E-state index is 12.9. The van der Waals surface area contributed by atoms with Gasteiger partial charge in [-0.2, -0.15) is 0 Å². The summed E-state index contributed by atoms with van der Waals surface area (Å²) in [7, 11) is 1.72. The second-order valence-corrected chi connectivity index (χ2v) is 9.25. The highest BCUT2D eigenvalue weighted by molar-refractivity contribution is 6.42. The van der Waals surface area contributed by atoms with Crippen LogP contribution in [0.5, 0.6) is 5.75 Å². The van der Waals surface area contributed by atoms with Crippen molar-refractivity contribution in [1.29, 1.82) is 0 Å². The third-order valence-corrected chi connectivity index (χ3v) is 5.44. The summed E-state index contributed by atoms with van der Waals surface area (Å²) < 4.78 is 11.2. The molecule has 162 valence electrons. The van der Waals surface area contributed by atoms with Crippen LogP contribution in [-0.4, -0.2) is 60.2 Å². The molecule has 1 aliphatic rings. The Morgan fingerprint density at radius 2 is 2.00 bits per heavy atom. The molecule has 0 N–H and O–H groups in total. The second-order valence-electron chi connectivity index (χ2n) is 8.47. The van der Waals surface area contributed by atoms with Gasteiger partial charge in [0.1, 0.15) is 16.4 Å². The number of amides is 2. The van der Waals surface area contributed by atoms with E-state index in [1.54, 1.807) is 42.0 Å². The smallest absolute Gasteiger partial charge is 0.410 e. The van der Waals surface area contributed by atoms with Crippen LogP contribution in [0.15, 0.2) is 18.2 Å². The van der Waals surface area contributed by atoms with Crippen molar-refractivity contribution in [3.8, 4) is 5.75 Å². The predicted molar refractivity (Wildman–Crippen MR) is 115 cm³/mol. The number of nitrogens with zero attached hydrogens (tertiary/aromatic N) is 2. The number of piperidine rings is 1. The summed E-state index contributed by atoms with van der Waals surface area (Å²) in [4.78, 5) is 28.4. The molecule has 0 saturated carbocycles. The highest BCUT2D eigenvalue weighted by Crippen LogP contribution is 2.32. The maximum Gasteiger partial charge on any atom is 0.410 e. The minimum absolute atomic E-state index is 0.106. The molecule has 1 saturated heterocycles. The van der Waals surface area contributed by atoms with E-state index in [4.69, 9.17) is 32.7 Å². The SMILES string of the molecule is CC(Oc1cccc(Cl)c1Cl)C(=O)N1CCCC(CN(C)C(=O)OC(C)(C)C)C1. The van der Waals surface area contributed by atoms with Crippen LogP contribution in [0, 0.1) is 5.92 Å². The van der Waals surface area contributed by atoms with Gasteiger partial charge < -0.3 is 19.3 Å². The number of rotatable bonds is 5. The van der Waals surface area contributed by atoms with E-state index in [1.165, 1.54) is 0 Å². The van der Waals surface area contributed by atoms with Gasteiger partial charge in [-0.05, 0) is 58.6 Å². The van der Waals surface area contributed by atoms with Crippen molar-refractivity contribution in [3.05, 3.63) is 28.2 Å². The number of carbonyl (C=O) groups is 2. The van der Waals surface area contributed by atoms with Crippen LogP contribution in [-0.2, 0) is 9.53 Å². The first-order valence-electron chi connectivity index (χ1n) is 9.81. The van der Waals surface area contributed by atoms with Gasteiger partial charge in [0.15, 0.2) is 6.10 Å². The number of ether oxygens (including phenoxy) is 2. The molecule has 0 aromatic heterocycles. The molecular weight excluding hydrogens is 415 g/mol. The summed E-state index contributed by atoms with van der Waals surface area (Å²) in [6, 6.07) is 5.08. The van der Waals surface area contributed by atoms with Crippen LogP contribution in [0.3, 0.4) is 0 Å². The molecule has 1 fully saturated rings. The minimum Gasteiger partial charge on any atom is -0.479 e. The normalized spacial score (nSPS) is 18.2. The molecule has 0 spiro atoms. The van der Waals surface area contributed by atoms with Gasteiger partial charge in [-0.3, -0.25) is 4.79 Å². The molecule has 1 aromatic rings. The lowest BCUT2D eigenvalue weighted by Gasteiger charge is -2.36. The third-order valence-electron chi connectivity index (χ3n) is 4.64. The van der Waals surface area contributed by atoms with Crippen LogP contribution in [0.25, 0.3) is 0 Å². The Balaban J connectivity index is 1.93. The van der Waals surface area contributed by atoms with E-state index in [1.807, 2.05) is 20.8 Å². The summed E-state index contributed by atoms with van der Waals surface area (Å²) in [6.45, 7) is 9.00. The summed E-state index contributed by atoms with van der Waals surface area (Å²) in [5.74, 6) is 0.469. The van der Waals surface area contributed by atoms with E-state index in [9.17, 15) is 9.59 Å². The molecule has 1 aromatic carbocycles. The fourth-order valence-corrected chi connectivity index (χ4v) is 3.63. The Bertz CT molecular complexity index is 736. The van der Waals surface area contributed by atoms with Gasteiger partial charge in [0.25, 0.3) is 5.91 Å². The van der Waals surface area contributed by atoms with Crippen LogP contribution >= 0.6 is 23.2 Å². The standard InChI is InChI=1S/C21H30Cl2N2O4/c1-14(28-17-10-6-9-16(22)18(17)23)19(26)25-11-7-8-15(13-25)12-24(5)20(27)29-21(2,3)4/h6,9-10,14-15H,7-8,11-13H2,1-5H3. The molecule has 2 rings (SSSR count). The molecule has 2 unspecified atom stereocenters. The predicted octanol–water partition coefficient (Wildman–Crippen LogP) is 4.87. The molecule has 2 atom stereocenters. The Labute approximate surface area is 183 Å². The number of halogens is 2. The van der Waals surface area contributed by atoms with Crippen molar-refractivity contribution in [1.82, 2.24) is 9.80 Å². The number of likely N-dealkylation sites (tertiary alicyclic amines) is 1. The molecule has 0 aliphatic carbocycles. The van der Waals surface area contributed by atoms with Crippen LogP contribution in [0.4, 0.5) is 4.79 Å². The summed E-state index contributed by atoms with van der Waals surface area (Å²) in [5, 5.41) is 0.677. The summed E-state index contributed by atoms with van der Waals surface area (Å²) >= 11 is 12.2. The van der Waals surface area contributed by atoms with Gasteiger partial charge in [0.05, 0.1) is 5.02 Å². The topological polar surface area (TPSA) is 59.1 Å². The third kappa shape index (κ3) is 6.96. The highest BCUT2D eigenvalue weighted by atomic mass is 35.5. The molecule has 2 amide bonds. The van der Waals surface area contributed by atoms with E-state index in [-0.39, 0.29) is 17.9 Å². The fourth-order valence-electron chi connectivity index (χ4n) is 3.29. The first-order valence-corrected chi connectivity index (χ1v) is 10.6. The molecule has 29 heavy (non-hydrogen) atoms. The molecule has 8 heteroatoms. The number of hydrogen-bond acceptors (Lipinski definition) is 4. The maximum absolute atomic E-state index is 12.9. The van der Waals surface area contributed by atoms with Gasteiger partial charge in [-0.15, -0.1) is 0 Å². The van der Waals surface area contributed by atoms with Gasteiger partial charge in [-0.25, -0.2) is 4.79 Å². The van der Waals surface area contributed by atoms with Crippen molar-refractivity contribution < 1.29 is 19.1 Å². The fraction of sp³-hybridized carbons (Fsp3) is 0.619. The van der Waals surface area contributed by atoms with Crippen LogP contribution < -0.4 is 4.74 Å². The van der Waals surface area contributed by atoms with Crippen LogP contribution in [0.1, 0.15) is 40.5 Å². The van der Waals surface area contributed by atoms with Crippen molar-refractivity contribution in [2.75, 3.05) is 26.7 Å². The Morgan fingerprint density at radius 3 is 2.66 bits per heavy atom. The van der Waals surface area contributed by atoms with Gasteiger partial charge >= 0.3 is 6.09 Å². The lowest BCUT2D eigenvalue weighted by atomic mass is 9.97. The molecule has 6 nitrogen and oxygen atoms in total. The largest absolute Gasteiger partial charge is 0.479 e. The van der Waals surface area contributed by atoms with Gasteiger partial charge in [-0.1, -0.05) is 29.3 Å². The van der Waals surface area contributed by atoms with E-state index in [0.29, 0.717) is 35.4 Å². The molecular formula is C21H30Cl2N2O4. The molecule has 1 aliphatic heterocycles. The summed E-state index contributed by atoms with van der Waals surface area (Å²) in [5.41, 5.74) is -0.533. The van der Waals surface area contributed by atoms with E-state index < -0.39 is 11.7 Å². The van der Waals surface area contributed by atoms with Gasteiger partial charge in [0, 0.05) is 26.7 Å². The summed E-state index contributed by atoms with van der Waals surface area (Å²) in [6.07, 6.45) is 0.789. The zero-order valence-corrected chi connectivity index (χ0v) is 19.2. The van der Waals surface area contributed by atoms with Crippen LogP contribution in [0.2, 0.25) is 10.0 Å². The average Bonchev–Trinajstić information content (AvgIpc) is 2.63. The average molecular weight is 445 g/mol. The second kappa shape index (κ2) is 9.90. The molecule has 0 bridgehead atoms. The zero-order chi connectivity index (χ0) is 21.8.